The van der Waals surface area contributed by atoms with Crippen molar-refractivity contribution in [3.63, 3.8) is 0 Å². The zero-order chi connectivity index (χ0) is 39.1. The lowest BCUT2D eigenvalue weighted by atomic mass is 10.0. The molecule has 10 nitrogen and oxygen atoms in total. The number of ether oxygens (including phenoxy) is 2. The van der Waals surface area contributed by atoms with Crippen molar-refractivity contribution in [1.29, 1.82) is 0 Å². The predicted octanol–water partition coefficient (Wildman–Crippen LogP) is 12.0. The predicted molar refractivity (Wildman–Crippen MR) is 217 cm³/mol. The van der Waals surface area contributed by atoms with E-state index in [0.717, 1.165) is 38.5 Å². The number of unbranched alkanes of at least 4 members (excludes halogenated alkanes) is 29. The number of carbonyl (C=O) groups excluding carboxylic acids is 1. The Bertz CT molecular complexity index is 862. The lowest BCUT2D eigenvalue weighted by Crippen LogP contribution is -2.34. The van der Waals surface area contributed by atoms with Crippen LogP contribution in [-0.4, -0.2) is 60.5 Å². The number of esters is 1. The summed E-state index contributed by atoms with van der Waals surface area (Å²) in [4.78, 5) is 33.4. The van der Waals surface area contributed by atoms with Crippen molar-refractivity contribution in [2.75, 3.05) is 26.4 Å². The van der Waals surface area contributed by atoms with Crippen LogP contribution in [0.5, 0.6) is 0 Å². The minimum atomic E-state index is -4.60. The first-order chi connectivity index (χ1) is 25.7. The fraction of sp³-hybridized carbons (Fsp3) is 0.952. The first kappa shape index (κ1) is 52.0. The molecule has 0 heterocycles. The summed E-state index contributed by atoms with van der Waals surface area (Å²) in [6, 6.07) is -1.47. The summed E-state index contributed by atoms with van der Waals surface area (Å²) in [7, 11) is -4.60. The average Bonchev–Trinajstić information content (AvgIpc) is 3.13. The summed E-state index contributed by atoms with van der Waals surface area (Å²) in [6.07, 6.45) is 38.8. The molecular formula is C42H84NO9P. The van der Waals surface area contributed by atoms with E-state index in [4.69, 9.17) is 29.4 Å². The molecule has 0 amide bonds. The van der Waals surface area contributed by atoms with Crippen LogP contribution in [0.4, 0.5) is 0 Å². The van der Waals surface area contributed by atoms with Gasteiger partial charge in [0.05, 0.1) is 19.8 Å². The molecule has 11 heteroatoms. The molecule has 0 saturated heterocycles. The highest BCUT2D eigenvalue weighted by molar-refractivity contribution is 7.47. The summed E-state index contributed by atoms with van der Waals surface area (Å²) in [5.74, 6) is -1.77. The van der Waals surface area contributed by atoms with Crippen LogP contribution >= 0.6 is 7.82 Å². The minimum absolute atomic E-state index is 0.0254. The molecule has 0 radical (unpaired) electrons. The Morgan fingerprint density at radius 2 is 0.868 bits per heavy atom. The number of hydrogen-bond donors (Lipinski definition) is 3. The Labute approximate surface area is 325 Å². The van der Waals surface area contributed by atoms with E-state index in [1.165, 1.54) is 161 Å². The normalized spacial score (nSPS) is 13.9. The molecule has 0 aromatic heterocycles. The van der Waals surface area contributed by atoms with Crippen molar-refractivity contribution in [3.8, 4) is 0 Å². The molecule has 0 saturated carbocycles. The first-order valence-electron chi connectivity index (χ1n) is 22.1. The molecule has 0 fully saturated rings. The third-order valence-corrected chi connectivity index (χ3v) is 10.8. The SMILES string of the molecule is CCCCCCCCCCCCCCCCCCCCCCCOCC(COP(=O)(O)OCC(N)C(=O)O)OC(=O)CCCCCCCCCCCC. The van der Waals surface area contributed by atoms with Crippen LogP contribution in [-0.2, 0) is 32.7 Å². The van der Waals surface area contributed by atoms with Crippen molar-refractivity contribution < 1.29 is 42.7 Å². The van der Waals surface area contributed by atoms with E-state index >= 15 is 0 Å². The van der Waals surface area contributed by atoms with E-state index in [-0.39, 0.29) is 13.0 Å². The first-order valence-corrected chi connectivity index (χ1v) is 23.6. The molecule has 0 bridgehead atoms. The van der Waals surface area contributed by atoms with Gasteiger partial charge in [0.1, 0.15) is 12.1 Å². The Morgan fingerprint density at radius 3 is 1.25 bits per heavy atom. The van der Waals surface area contributed by atoms with Crippen molar-refractivity contribution in [3.05, 3.63) is 0 Å². The second kappa shape index (κ2) is 39.2. The number of hydrogen-bond acceptors (Lipinski definition) is 8. The molecule has 0 spiro atoms. The minimum Gasteiger partial charge on any atom is -0.480 e. The Morgan fingerprint density at radius 1 is 0.528 bits per heavy atom. The lowest BCUT2D eigenvalue weighted by molar-refractivity contribution is -0.154. The summed E-state index contributed by atoms with van der Waals surface area (Å²) in [5.41, 5.74) is 5.35. The van der Waals surface area contributed by atoms with Gasteiger partial charge in [0, 0.05) is 13.0 Å². The molecule has 0 aromatic rings. The topological polar surface area (TPSA) is 155 Å². The summed E-state index contributed by atoms with van der Waals surface area (Å²) in [5, 5.41) is 8.88. The molecule has 0 aliphatic carbocycles. The van der Waals surface area contributed by atoms with Gasteiger partial charge in [-0.25, -0.2) is 4.57 Å². The third-order valence-electron chi connectivity index (χ3n) is 9.89. The van der Waals surface area contributed by atoms with E-state index in [0.29, 0.717) is 6.61 Å². The second-order valence-corrected chi connectivity index (χ2v) is 16.6. The fourth-order valence-electron chi connectivity index (χ4n) is 6.43. The summed E-state index contributed by atoms with van der Waals surface area (Å²) < 4.78 is 33.3. The smallest absolute Gasteiger partial charge is 0.472 e. The number of nitrogens with two attached hydrogens (primary N) is 1. The number of phosphoric ester groups is 1. The zero-order valence-corrected chi connectivity index (χ0v) is 35.3. The molecule has 0 rings (SSSR count). The molecule has 53 heavy (non-hydrogen) atoms. The van der Waals surface area contributed by atoms with Gasteiger partial charge in [0.25, 0.3) is 0 Å². The average molecular weight is 778 g/mol. The highest BCUT2D eigenvalue weighted by Crippen LogP contribution is 2.43. The van der Waals surface area contributed by atoms with Gasteiger partial charge in [-0.2, -0.15) is 0 Å². The quantitative estimate of drug-likeness (QED) is 0.0309. The van der Waals surface area contributed by atoms with E-state index in [2.05, 4.69) is 13.8 Å². The summed E-state index contributed by atoms with van der Waals surface area (Å²) in [6.45, 7) is 3.91. The highest BCUT2D eigenvalue weighted by Gasteiger charge is 2.27. The van der Waals surface area contributed by atoms with Crippen LogP contribution < -0.4 is 5.73 Å². The van der Waals surface area contributed by atoms with Crippen LogP contribution in [0, 0.1) is 0 Å². The van der Waals surface area contributed by atoms with E-state index < -0.39 is 45.1 Å². The lowest BCUT2D eigenvalue weighted by Gasteiger charge is -2.20. The fourth-order valence-corrected chi connectivity index (χ4v) is 7.21. The van der Waals surface area contributed by atoms with Gasteiger partial charge < -0.3 is 25.2 Å². The number of carboxylic acids is 1. The Balaban J connectivity index is 4.07. The van der Waals surface area contributed by atoms with Crippen LogP contribution in [0.2, 0.25) is 0 Å². The largest absolute Gasteiger partial charge is 0.480 e. The molecule has 4 N–H and O–H groups in total. The van der Waals surface area contributed by atoms with Crippen LogP contribution in [0.1, 0.15) is 219 Å². The highest BCUT2D eigenvalue weighted by atomic mass is 31.2. The number of carboxylic acid groups (broad SMARTS) is 1. The van der Waals surface area contributed by atoms with Crippen molar-refractivity contribution in [2.24, 2.45) is 5.73 Å². The van der Waals surface area contributed by atoms with Crippen molar-refractivity contribution >= 4 is 19.8 Å². The van der Waals surface area contributed by atoms with Crippen molar-refractivity contribution in [1.82, 2.24) is 0 Å². The van der Waals surface area contributed by atoms with Crippen LogP contribution in [0.3, 0.4) is 0 Å². The third kappa shape index (κ3) is 39.0. The molecule has 0 aliphatic rings. The van der Waals surface area contributed by atoms with Gasteiger partial charge in [0.2, 0.25) is 0 Å². The standard InChI is InChI=1S/C42H84NO9P/c1-3-5-7-9-11-13-15-16-17-18-19-20-21-22-23-24-25-27-29-31-33-35-49-36-39(37-50-53(47,48)51-38-40(43)42(45)46)52-41(44)34-32-30-28-26-14-12-10-8-6-4-2/h39-40H,3-38,43H2,1-2H3,(H,45,46)(H,47,48). The Kier molecular flexibility index (Phi) is 38.5. The maximum absolute atomic E-state index is 12.6. The van der Waals surface area contributed by atoms with Gasteiger partial charge >= 0.3 is 19.8 Å². The molecule has 0 aromatic carbocycles. The van der Waals surface area contributed by atoms with Gasteiger partial charge in [-0.05, 0) is 12.8 Å². The van der Waals surface area contributed by atoms with Gasteiger partial charge in [-0.15, -0.1) is 0 Å². The maximum atomic E-state index is 12.6. The summed E-state index contributed by atoms with van der Waals surface area (Å²) >= 11 is 0. The second-order valence-electron chi connectivity index (χ2n) is 15.2. The van der Waals surface area contributed by atoms with Crippen LogP contribution in [0.15, 0.2) is 0 Å². The molecule has 3 unspecified atom stereocenters. The van der Waals surface area contributed by atoms with E-state index in [1.807, 2.05) is 0 Å². The molecule has 0 aliphatic heterocycles. The van der Waals surface area contributed by atoms with E-state index in [1.54, 1.807) is 0 Å². The maximum Gasteiger partial charge on any atom is 0.472 e. The number of carbonyl (C=O) groups is 2. The monoisotopic (exact) mass is 778 g/mol. The van der Waals surface area contributed by atoms with E-state index in [9.17, 15) is 19.0 Å². The molecular weight excluding hydrogens is 693 g/mol. The van der Waals surface area contributed by atoms with Gasteiger partial charge in [-0.1, -0.05) is 200 Å². The Hall–Kier alpha value is -1.03. The zero-order valence-electron chi connectivity index (χ0n) is 34.4. The number of rotatable bonds is 43. The molecule has 3 atom stereocenters. The van der Waals surface area contributed by atoms with Gasteiger partial charge in [-0.3, -0.25) is 18.6 Å². The van der Waals surface area contributed by atoms with Gasteiger partial charge in [0.15, 0.2) is 0 Å². The van der Waals surface area contributed by atoms with Crippen molar-refractivity contribution in [2.45, 2.75) is 231 Å². The molecule has 316 valence electrons. The van der Waals surface area contributed by atoms with Crippen LogP contribution in [0.25, 0.3) is 0 Å². The number of aliphatic carboxylic acids is 1. The number of phosphoric acid groups is 1.